The van der Waals surface area contributed by atoms with E-state index in [1.807, 2.05) is 80.6 Å². The van der Waals surface area contributed by atoms with Crippen LogP contribution < -0.4 is 4.74 Å². The number of benzene rings is 3. The van der Waals surface area contributed by atoms with Gasteiger partial charge in [0.05, 0.1) is 5.92 Å². The van der Waals surface area contributed by atoms with Crippen molar-refractivity contribution in [2.24, 2.45) is 5.92 Å². The summed E-state index contributed by atoms with van der Waals surface area (Å²) in [4.78, 5) is 12.8. The Bertz CT molecular complexity index is 1070. The Kier molecular flexibility index (Phi) is 7.93. The van der Waals surface area contributed by atoms with Crippen LogP contribution in [0.2, 0.25) is 0 Å². The molecule has 3 rings (SSSR count). The Morgan fingerprint density at radius 1 is 0.879 bits per heavy atom. The minimum Gasteiger partial charge on any atom is -0.460 e. The number of hydrogen-bond acceptors (Lipinski definition) is 3. The zero-order valence-corrected chi connectivity index (χ0v) is 18.4. The smallest absolute Gasteiger partial charge is 0.460 e. The fourth-order valence-corrected chi connectivity index (χ4v) is 3.46. The Labute approximate surface area is 191 Å². The average molecular weight is 454 g/mol. The van der Waals surface area contributed by atoms with Crippen LogP contribution in [-0.4, -0.2) is 12.3 Å². The Morgan fingerprint density at radius 2 is 1.52 bits per heavy atom. The lowest BCUT2D eigenvalue weighted by Gasteiger charge is -2.20. The van der Waals surface area contributed by atoms with Crippen LogP contribution in [0.25, 0.3) is 12.2 Å². The monoisotopic (exact) mass is 454 g/mol. The SMILES string of the molecule is CC(C)C(C(=O)OCc1cccc(/C=C/c2ccccc2)c1)c1ccc(OC(F)(F)F)cc1. The molecular weight excluding hydrogens is 429 g/mol. The molecule has 3 aromatic carbocycles. The van der Waals surface area contributed by atoms with E-state index in [1.165, 1.54) is 24.3 Å². The Morgan fingerprint density at radius 3 is 2.15 bits per heavy atom. The summed E-state index contributed by atoms with van der Waals surface area (Å²) in [5.41, 5.74) is 3.48. The van der Waals surface area contributed by atoms with Crippen LogP contribution in [0.4, 0.5) is 13.2 Å². The lowest BCUT2D eigenvalue weighted by molar-refractivity contribution is -0.274. The first-order valence-electron chi connectivity index (χ1n) is 10.6. The molecule has 3 aromatic rings. The fourth-order valence-electron chi connectivity index (χ4n) is 3.46. The average Bonchev–Trinajstić information content (AvgIpc) is 2.77. The lowest BCUT2D eigenvalue weighted by atomic mass is 9.88. The molecule has 0 fully saturated rings. The molecule has 0 aliphatic carbocycles. The van der Waals surface area contributed by atoms with E-state index in [9.17, 15) is 18.0 Å². The summed E-state index contributed by atoms with van der Waals surface area (Å²) in [7, 11) is 0. The van der Waals surface area contributed by atoms with Gasteiger partial charge in [-0.1, -0.05) is 86.7 Å². The standard InChI is InChI=1S/C27H25F3O3/c1-19(2)25(23-13-15-24(16-14-23)33-27(28,29)30)26(31)32-18-22-10-6-9-21(17-22)12-11-20-7-4-3-5-8-20/h3-17,19,25H,18H2,1-2H3/b12-11+. The number of hydrogen-bond donors (Lipinski definition) is 0. The third-order valence-electron chi connectivity index (χ3n) is 4.99. The molecule has 33 heavy (non-hydrogen) atoms. The molecule has 0 saturated heterocycles. The molecule has 0 heterocycles. The summed E-state index contributed by atoms with van der Waals surface area (Å²) in [5, 5.41) is 0. The molecule has 0 amide bonds. The van der Waals surface area contributed by atoms with Gasteiger partial charge in [0.25, 0.3) is 0 Å². The van der Waals surface area contributed by atoms with Gasteiger partial charge in [0.1, 0.15) is 12.4 Å². The van der Waals surface area contributed by atoms with Gasteiger partial charge in [0.15, 0.2) is 0 Å². The minimum atomic E-state index is -4.76. The van der Waals surface area contributed by atoms with Crippen molar-refractivity contribution in [1.82, 2.24) is 0 Å². The van der Waals surface area contributed by atoms with Gasteiger partial charge in [-0.2, -0.15) is 0 Å². The highest BCUT2D eigenvalue weighted by atomic mass is 19.4. The second-order valence-corrected chi connectivity index (χ2v) is 7.94. The van der Waals surface area contributed by atoms with Crippen molar-refractivity contribution in [3.05, 3.63) is 101 Å². The molecule has 0 radical (unpaired) electrons. The number of alkyl halides is 3. The van der Waals surface area contributed by atoms with Gasteiger partial charge in [-0.05, 0) is 46.4 Å². The van der Waals surface area contributed by atoms with Gasteiger partial charge in [0, 0.05) is 0 Å². The molecule has 0 spiro atoms. The van der Waals surface area contributed by atoms with Crippen molar-refractivity contribution in [2.45, 2.75) is 32.7 Å². The number of rotatable bonds is 8. The maximum absolute atomic E-state index is 12.8. The second-order valence-electron chi connectivity index (χ2n) is 7.94. The molecular formula is C27H25F3O3. The van der Waals surface area contributed by atoms with Crippen LogP contribution in [0.5, 0.6) is 5.75 Å². The summed E-state index contributed by atoms with van der Waals surface area (Å²) in [6.07, 6.45) is -0.767. The predicted molar refractivity (Wildman–Crippen MR) is 122 cm³/mol. The zero-order valence-electron chi connectivity index (χ0n) is 18.4. The van der Waals surface area contributed by atoms with E-state index >= 15 is 0 Å². The molecule has 0 bridgehead atoms. The van der Waals surface area contributed by atoms with E-state index in [4.69, 9.17) is 4.74 Å². The number of esters is 1. The molecule has 0 aliphatic rings. The van der Waals surface area contributed by atoms with Gasteiger partial charge in [0.2, 0.25) is 0 Å². The number of carbonyl (C=O) groups is 1. The largest absolute Gasteiger partial charge is 0.573 e. The van der Waals surface area contributed by atoms with E-state index in [1.54, 1.807) is 0 Å². The topological polar surface area (TPSA) is 35.5 Å². The molecule has 0 aliphatic heterocycles. The molecule has 0 N–H and O–H groups in total. The summed E-state index contributed by atoms with van der Waals surface area (Å²) in [6.45, 7) is 3.83. The van der Waals surface area contributed by atoms with E-state index in [0.29, 0.717) is 5.56 Å². The highest BCUT2D eigenvalue weighted by Gasteiger charge is 2.31. The Balaban J connectivity index is 1.65. The Hall–Kier alpha value is -3.54. The second kappa shape index (κ2) is 10.9. The number of ether oxygens (including phenoxy) is 2. The minimum absolute atomic E-state index is 0.102. The van der Waals surface area contributed by atoms with Crippen molar-refractivity contribution >= 4 is 18.1 Å². The summed E-state index contributed by atoms with van der Waals surface area (Å²) < 4.78 is 46.6. The van der Waals surface area contributed by atoms with Crippen LogP contribution in [0, 0.1) is 5.92 Å². The highest BCUT2D eigenvalue weighted by Crippen LogP contribution is 2.30. The molecule has 0 aromatic heterocycles. The molecule has 1 atom stereocenters. The molecule has 0 saturated carbocycles. The van der Waals surface area contributed by atoms with Gasteiger partial charge in [-0.3, -0.25) is 4.79 Å². The maximum Gasteiger partial charge on any atom is 0.573 e. The molecule has 1 unspecified atom stereocenters. The van der Waals surface area contributed by atoms with Crippen molar-refractivity contribution in [3.63, 3.8) is 0 Å². The normalized spacial score (nSPS) is 12.7. The fraction of sp³-hybridized carbons (Fsp3) is 0.222. The van der Waals surface area contributed by atoms with Gasteiger partial charge in [-0.15, -0.1) is 13.2 Å². The molecule has 172 valence electrons. The van der Waals surface area contributed by atoms with Gasteiger partial charge >= 0.3 is 12.3 Å². The van der Waals surface area contributed by atoms with E-state index in [-0.39, 0.29) is 18.3 Å². The third-order valence-corrected chi connectivity index (χ3v) is 4.99. The molecule has 6 heteroatoms. The quantitative estimate of drug-likeness (QED) is 0.266. The van der Waals surface area contributed by atoms with Crippen LogP contribution in [0.1, 0.15) is 42.0 Å². The van der Waals surface area contributed by atoms with Crippen LogP contribution in [0.3, 0.4) is 0 Å². The number of carbonyl (C=O) groups excluding carboxylic acids is 1. The summed E-state index contributed by atoms with van der Waals surface area (Å²) in [5.74, 6) is -1.47. The van der Waals surface area contributed by atoms with Crippen molar-refractivity contribution in [1.29, 1.82) is 0 Å². The molecule has 3 nitrogen and oxygen atoms in total. The van der Waals surface area contributed by atoms with Crippen molar-refractivity contribution in [3.8, 4) is 5.75 Å². The van der Waals surface area contributed by atoms with Gasteiger partial charge in [-0.25, -0.2) is 0 Å². The van der Waals surface area contributed by atoms with Crippen LogP contribution in [-0.2, 0) is 16.1 Å². The number of halogens is 3. The first-order chi connectivity index (χ1) is 15.7. The zero-order chi connectivity index (χ0) is 23.8. The summed E-state index contributed by atoms with van der Waals surface area (Å²) in [6, 6.07) is 22.9. The maximum atomic E-state index is 12.8. The lowest BCUT2D eigenvalue weighted by Crippen LogP contribution is -2.21. The van der Waals surface area contributed by atoms with Gasteiger partial charge < -0.3 is 9.47 Å². The summed E-state index contributed by atoms with van der Waals surface area (Å²) >= 11 is 0. The van der Waals surface area contributed by atoms with Crippen LogP contribution >= 0.6 is 0 Å². The predicted octanol–water partition coefficient (Wildman–Crippen LogP) is 7.24. The first-order valence-corrected chi connectivity index (χ1v) is 10.6. The van der Waals surface area contributed by atoms with Crippen LogP contribution in [0.15, 0.2) is 78.9 Å². The highest BCUT2D eigenvalue weighted by molar-refractivity contribution is 5.78. The third kappa shape index (κ3) is 7.52. The van der Waals surface area contributed by atoms with Crippen molar-refractivity contribution in [2.75, 3.05) is 0 Å². The van der Waals surface area contributed by atoms with Crippen molar-refractivity contribution < 1.29 is 27.4 Å². The van der Waals surface area contributed by atoms with E-state index in [0.717, 1.165) is 16.7 Å². The first kappa shape index (κ1) is 24.1. The van der Waals surface area contributed by atoms with E-state index < -0.39 is 18.2 Å². The van der Waals surface area contributed by atoms with E-state index in [2.05, 4.69) is 4.74 Å².